The van der Waals surface area contributed by atoms with Crippen LogP contribution in [0.5, 0.6) is 0 Å². The van der Waals surface area contributed by atoms with Gasteiger partial charge in [-0.3, -0.25) is 4.79 Å². The van der Waals surface area contributed by atoms with Crippen LogP contribution in [-0.2, 0) is 27.3 Å². The number of esters is 1. The van der Waals surface area contributed by atoms with Crippen LogP contribution in [0.15, 0.2) is 60.9 Å². The summed E-state index contributed by atoms with van der Waals surface area (Å²) in [6, 6.07) is 16.6. The molecule has 3 aromatic rings. The van der Waals surface area contributed by atoms with Gasteiger partial charge in [-0.15, -0.1) is 5.10 Å². The molecule has 0 unspecified atom stereocenters. The lowest BCUT2D eigenvalue weighted by Crippen LogP contribution is -2.37. The molecule has 150 valence electrons. The second-order valence-corrected chi connectivity index (χ2v) is 6.78. The number of hydrogen-bond acceptors (Lipinski definition) is 6. The zero-order chi connectivity index (χ0) is 20.6. The predicted molar refractivity (Wildman–Crippen MR) is 106 cm³/mol. The van der Waals surface area contributed by atoms with Gasteiger partial charge in [0.25, 0.3) is 5.91 Å². The number of aryl methyl sites for hydroxylation is 1. The number of nitrogens with one attached hydrogen (secondary N) is 1. The van der Waals surface area contributed by atoms with Crippen molar-refractivity contribution in [2.45, 2.75) is 39.0 Å². The molecular weight excluding hydrogens is 370 g/mol. The summed E-state index contributed by atoms with van der Waals surface area (Å²) in [6.07, 6.45) is 0.766. The highest BCUT2D eigenvalue weighted by atomic mass is 16.5. The van der Waals surface area contributed by atoms with Crippen LogP contribution in [0.3, 0.4) is 0 Å². The van der Waals surface area contributed by atoms with E-state index >= 15 is 0 Å². The number of benzene rings is 2. The molecule has 1 heterocycles. The van der Waals surface area contributed by atoms with Crippen molar-refractivity contribution in [3.05, 3.63) is 77.6 Å². The molecule has 2 aromatic carbocycles. The number of carbonyl (C=O) groups is 2. The van der Waals surface area contributed by atoms with Gasteiger partial charge in [0, 0.05) is 13.0 Å². The number of nitrogens with zero attached hydrogens (tertiary/aromatic N) is 4. The molecule has 1 amide bonds. The molecule has 0 fully saturated rings. The minimum Gasteiger partial charge on any atom is -0.451 e. The minimum atomic E-state index is -0.942. The zero-order valence-electron chi connectivity index (χ0n) is 16.4. The molecule has 0 radical (unpaired) electrons. The first kappa shape index (κ1) is 20.2. The van der Waals surface area contributed by atoms with E-state index in [9.17, 15) is 9.59 Å². The lowest BCUT2D eigenvalue weighted by Gasteiger charge is -2.19. The molecule has 0 aliphatic carbocycles. The minimum absolute atomic E-state index is 0.350. The number of ether oxygens (including phenoxy) is 1. The van der Waals surface area contributed by atoms with Gasteiger partial charge in [-0.2, -0.15) is 0 Å². The lowest BCUT2D eigenvalue weighted by atomic mass is 10.1. The molecule has 0 saturated carbocycles. The monoisotopic (exact) mass is 393 g/mol. The van der Waals surface area contributed by atoms with Crippen molar-refractivity contribution in [2.24, 2.45) is 0 Å². The predicted octanol–water partition coefficient (Wildman–Crippen LogP) is 2.01. The summed E-state index contributed by atoms with van der Waals surface area (Å²) in [5.41, 5.74) is 3.05. The number of amides is 1. The fourth-order valence-electron chi connectivity index (χ4n) is 2.78. The zero-order valence-corrected chi connectivity index (χ0v) is 16.4. The van der Waals surface area contributed by atoms with Gasteiger partial charge in [0.05, 0.1) is 0 Å². The molecule has 3 rings (SSSR count). The van der Waals surface area contributed by atoms with E-state index in [4.69, 9.17) is 4.74 Å². The lowest BCUT2D eigenvalue weighted by molar-refractivity contribution is -0.158. The van der Waals surface area contributed by atoms with Crippen molar-refractivity contribution in [2.75, 3.05) is 0 Å². The summed E-state index contributed by atoms with van der Waals surface area (Å²) in [7, 11) is 0. The summed E-state index contributed by atoms with van der Waals surface area (Å²) in [5, 5.41) is 13.8. The third-order valence-corrected chi connectivity index (χ3v) is 4.48. The van der Waals surface area contributed by atoms with E-state index in [2.05, 4.69) is 20.8 Å². The Morgan fingerprint density at radius 1 is 1.07 bits per heavy atom. The van der Waals surface area contributed by atoms with Gasteiger partial charge in [0.1, 0.15) is 6.33 Å². The SMILES string of the molecule is Cc1ccc(CNC(=O)[C@H](C)OC(=O)[C@H](Cc2ccccc2)n2cnnn2)cc1. The van der Waals surface area contributed by atoms with Gasteiger partial charge < -0.3 is 10.1 Å². The molecule has 1 aromatic heterocycles. The Morgan fingerprint density at radius 3 is 2.45 bits per heavy atom. The van der Waals surface area contributed by atoms with Gasteiger partial charge in [0.2, 0.25) is 0 Å². The van der Waals surface area contributed by atoms with Crippen LogP contribution in [0.25, 0.3) is 0 Å². The molecule has 0 aliphatic rings. The second-order valence-electron chi connectivity index (χ2n) is 6.78. The average molecular weight is 393 g/mol. The highest BCUT2D eigenvalue weighted by Crippen LogP contribution is 2.16. The first-order valence-corrected chi connectivity index (χ1v) is 9.33. The summed E-state index contributed by atoms with van der Waals surface area (Å²) in [5.74, 6) is -0.937. The van der Waals surface area contributed by atoms with Gasteiger partial charge in [-0.05, 0) is 35.4 Å². The smallest absolute Gasteiger partial charge is 0.332 e. The molecule has 1 N–H and O–H groups in total. The summed E-state index contributed by atoms with van der Waals surface area (Å²) in [6.45, 7) is 3.91. The molecule has 0 spiro atoms. The van der Waals surface area contributed by atoms with Crippen LogP contribution in [0.1, 0.15) is 29.7 Å². The summed E-state index contributed by atoms with van der Waals surface area (Å²) in [4.78, 5) is 25.1. The van der Waals surface area contributed by atoms with E-state index in [1.807, 2.05) is 61.5 Å². The Balaban J connectivity index is 1.60. The van der Waals surface area contributed by atoms with E-state index in [1.54, 1.807) is 6.92 Å². The van der Waals surface area contributed by atoms with Crippen molar-refractivity contribution < 1.29 is 14.3 Å². The molecule has 0 aliphatic heterocycles. The molecule has 0 saturated heterocycles. The van der Waals surface area contributed by atoms with Crippen LogP contribution in [0, 0.1) is 6.92 Å². The Hall–Kier alpha value is -3.55. The Labute approximate surface area is 168 Å². The van der Waals surface area contributed by atoms with Gasteiger partial charge in [-0.1, -0.05) is 60.2 Å². The number of carbonyl (C=O) groups excluding carboxylic acids is 2. The van der Waals surface area contributed by atoms with Crippen LogP contribution in [-0.4, -0.2) is 38.2 Å². The van der Waals surface area contributed by atoms with Crippen molar-refractivity contribution in [3.63, 3.8) is 0 Å². The van der Waals surface area contributed by atoms with E-state index in [-0.39, 0.29) is 5.91 Å². The molecule has 29 heavy (non-hydrogen) atoms. The van der Waals surface area contributed by atoms with Gasteiger partial charge in [-0.25, -0.2) is 9.48 Å². The van der Waals surface area contributed by atoms with Gasteiger partial charge >= 0.3 is 5.97 Å². The maximum absolute atomic E-state index is 12.8. The Kier molecular flexibility index (Phi) is 6.67. The molecule has 8 heteroatoms. The fraction of sp³-hybridized carbons (Fsp3) is 0.286. The van der Waals surface area contributed by atoms with E-state index in [0.29, 0.717) is 13.0 Å². The first-order valence-electron chi connectivity index (χ1n) is 9.33. The summed E-state index contributed by atoms with van der Waals surface area (Å²) >= 11 is 0. The number of rotatable bonds is 8. The third-order valence-electron chi connectivity index (χ3n) is 4.48. The highest BCUT2D eigenvalue weighted by Gasteiger charge is 2.27. The van der Waals surface area contributed by atoms with Crippen molar-refractivity contribution in [3.8, 4) is 0 Å². The van der Waals surface area contributed by atoms with Crippen molar-refractivity contribution in [1.29, 1.82) is 0 Å². The third kappa shape index (κ3) is 5.71. The largest absolute Gasteiger partial charge is 0.451 e. The maximum atomic E-state index is 12.8. The fourth-order valence-corrected chi connectivity index (χ4v) is 2.78. The highest BCUT2D eigenvalue weighted by molar-refractivity contribution is 5.84. The molecule has 2 atom stereocenters. The number of tetrazole rings is 1. The average Bonchev–Trinajstić information content (AvgIpc) is 3.26. The quantitative estimate of drug-likeness (QED) is 0.588. The van der Waals surface area contributed by atoms with E-state index < -0.39 is 18.1 Å². The van der Waals surface area contributed by atoms with E-state index in [0.717, 1.165) is 16.7 Å². The normalized spacial score (nSPS) is 12.8. The summed E-state index contributed by atoms with van der Waals surface area (Å²) < 4.78 is 6.75. The van der Waals surface area contributed by atoms with Crippen LogP contribution < -0.4 is 5.32 Å². The number of aromatic nitrogens is 4. The van der Waals surface area contributed by atoms with Gasteiger partial charge in [0.15, 0.2) is 12.1 Å². The second kappa shape index (κ2) is 9.59. The van der Waals surface area contributed by atoms with Crippen LogP contribution in [0.4, 0.5) is 0 Å². The topological polar surface area (TPSA) is 99.0 Å². The molecule has 0 bridgehead atoms. The molecular formula is C21H23N5O3. The first-order chi connectivity index (χ1) is 14.0. The standard InChI is InChI=1S/C21H23N5O3/c1-15-8-10-18(11-9-15)13-22-20(27)16(2)29-21(28)19(26-14-23-24-25-26)12-17-6-4-3-5-7-17/h3-11,14,16,19H,12-13H2,1-2H3,(H,22,27)/t16-,19-/m0/s1. The number of hydrogen-bond donors (Lipinski definition) is 1. The maximum Gasteiger partial charge on any atom is 0.332 e. The molecule has 8 nitrogen and oxygen atoms in total. The van der Waals surface area contributed by atoms with Crippen molar-refractivity contribution in [1.82, 2.24) is 25.5 Å². The van der Waals surface area contributed by atoms with Crippen molar-refractivity contribution >= 4 is 11.9 Å². The van der Waals surface area contributed by atoms with E-state index in [1.165, 1.54) is 11.0 Å². The Bertz CT molecular complexity index is 927. The Morgan fingerprint density at radius 2 is 1.79 bits per heavy atom. The van der Waals surface area contributed by atoms with Crippen LogP contribution in [0.2, 0.25) is 0 Å². The van der Waals surface area contributed by atoms with Crippen LogP contribution >= 0.6 is 0 Å².